The molecule has 0 spiro atoms. The summed E-state index contributed by atoms with van der Waals surface area (Å²) >= 11 is 0. The van der Waals surface area contributed by atoms with Gasteiger partial charge in [-0.2, -0.15) is 0 Å². The Balaban J connectivity index is 1.53. The van der Waals surface area contributed by atoms with Gasteiger partial charge in [0.15, 0.2) is 11.6 Å². The van der Waals surface area contributed by atoms with Crippen molar-refractivity contribution in [2.45, 2.75) is 51.2 Å². The largest absolute Gasteiger partial charge is 0.359 e. The van der Waals surface area contributed by atoms with Gasteiger partial charge in [-0.1, -0.05) is 5.16 Å². The molecule has 0 bridgehead atoms. The predicted octanol–water partition coefficient (Wildman–Crippen LogP) is 1.64. The molecule has 0 amide bonds. The zero-order valence-corrected chi connectivity index (χ0v) is 11.6. The lowest BCUT2D eigenvalue weighted by Crippen LogP contribution is -2.24. The molecule has 1 aliphatic carbocycles. The van der Waals surface area contributed by atoms with Crippen molar-refractivity contribution in [3.8, 4) is 0 Å². The summed E-state index contributed by atoms with van der Waals surface area (Å²) in [5, 5.41) is 16.1. The normalized spacial score (nSPS) is 23.6. The highest BCUT2D eigenvalue weighted by molar-refractivity contribution is 5.10. The van der Waals surface area contributed by atoms with E-state index in [1.807, 2.05) is 17.7 Å². The van der Waals surface area contributed by atoms with Gasteiger partial charge in [0.2, 0.25) is 0 Å². The maximum Gasteiger partial charge on any atom is 0.165 e. The fourth-order valence-electron chi connectivity index (χ4n) is 2.98. The number of likely N-dealkylation sites (tertiary alicyclic amines) is 1. The van der Waals surface area contributed by atoms with Crippen molar-refractivity contribution in [3.05, 3.63) is 23.3 Å². The van der Waals surface area contributed by atoms with Gasteiger partial charge in [0, 0.05) is 6.07 Å². The quantitative estimate of drug-likeness (QED) is 0.844. The number of rotatable bonds is 4. The third-order valence-electron chi connectivity index (χ3n) is 4.14. The summed E-state index contributed by atoms with van der Waals surface area (Å²) in [5.74, 6) is 1.93. The zero-order valence-electron chi connectivity index (χ0n) is 11.6. The SMILES string of the molecule is Cc1cc([C@H]2CCCN2Cc2nnnn2C2CC2)on1. The molecule has 7 nitrogen and oxygen atoms in total. The van der Waals surface area contributed by atoms with Crippen molar-refractivity contribution in [2.24, 2.45) is 0 Å². The van der Waals surface area contributed by atoms with Crippen LogP contribution in [0.15, 0.2) is 10.6 Å². The van der Waals surface area contributed by atoms with Crippen molar-refractivity contribution in [3.63, 3.8) is 0 Å². The summed E-state index contributed by atoms with van der Waals surface area (Å²) in [6.07, 6.45) is 4.68. The van der Waals surface area contributed by atoms with E-state index in [0.29, 0.717) is 12.1 Å². The Hall–Kier alpha value is -1.76. The number of aromatic nitrogens is 5. The topological polar surface area (TPSA) is 72.9 Å². The molecule has 20 heavy (non-hydrogen) atoms. The number of aryl methyl sites for hydroxylation is 1. The minimum atomic E-state index is 0.306. The molecule has 2 aromatic rings. The highest BCUT2D eigenvalue weighted by Gasteiger charge is 2.33. The molecular formula is C13H18N6O. The van der Waals surface area contributed by atoms with Crippen molar-refractivity contribution >= 4 is 0 Å². The second-order valence-electron chi connectivity index (χ2n) is 5.77. The first-order valence-electron chi connectivity index (χ1n) is 7.25. The Bertz CT molecular complexity index is 602. The van der Waals surface area contributed by atoms with Gasteiger partial charge in [-0.15, -0.1) is 5.10 Å². The van der Waals surface area contributed by atoms with Gasteiger partial charge in [0.1, 0.15) is 0 Å². The third kappa shape index (κ3) is 2.11. The molecule has 0 radical (unpaired) electrons. The molecule has 0 aromatic carbocycles. The van der Waals surface area contributed by atoms with Crippen LogP contribution in [0.25, 0.3) is 0 Å². The van der Waals surface area contributed by atoms with E-state index in [2.05, 4.69) is 25.6 Å². The number of hydrogen-bond acceptors (Lipinski definition) is 6. The average Bonchev–Trinajstić information content (AvgIpc) is 2.86. The van der Waals surface area contributed by atoms with Gasteiger partial charge < -0.3 is 4.52 Å². The smallest absolute Gasteiger partial charge is 0.165 e. The molecular weight excluding hydrogens is 256 g/mol. The third-order valence-corrected chi connectivity index (χ3v) is 4.14. The van der Waals surface area contributed by atoms with Gasteiger partial charge >= 0.3 is 0 Å². The van der Waals surface area contributed by atoms with Gasteiger partial charge in [-0.3, -0.25) is 4.90 Å². The van der Waals surface area contributed by atoms with E-state index >= 15 is 0 Å². The summed E-state index contributed by atoms with van der Waals surface area (Å²) in [6.45, 7) is 3.80. The number of tetrazole rings is 1. The lowest BCUT2D eigenvalue weighted by atomic mass is 10.1. The molecule has 7 heteroatoms. The van der Waals surface area contributed by atoms with Crippen LogP contribution in [0, 0.1) is 6.92 Å². The maximum atomic E-state index is 5.44. The molecule has 0 N–H and O–H groups in total. The van der Waals surface area contributed by atoms with Crippen LogP contribution in [-0.2, 0) is 6.54 Å². The van der Waals surface area contributed by atoms with Crippen LogP contribution in [0.1, 0.15) is 55.0 Å². The summed E-state index contributed by atoms with van der Waals surface area (Å²) in [7, 11) is 0. The van der Waals surface area contributed by atoms with Gasteiger partial charge in [0.25, 0.3) is 0 Å². The van der Waals surface area contributed by atoms with Crippen LogP contribution >= 0.6 is 0 Å². The molecule has 4 rings (SSSR count). The molecule has 1 saturated heterocycles. The van der Waals surface area contributed by atoms with Gasteiger partial charge in [0.05, 0.1) is 24.3 Å². The molecule has 1 aliphatic heterocycles. The standard InChI is InChI=1S/C13H18N6O/c1-9-7-12(20-15-9)11-3-2-6-18(11)8-13-14-16-17-19(13)10-4-5-10/h7,10-11H,2-6,8H2,1H3/t11-/m1/s1. The van der Waals surface area contributed by atoms with E-state index in [1.54, 1.807) is 0 Å². The van der Waals surface area contributed by atoms with Gasteiger partial charge in [-0.25, -0.2) is 4.68 Å². The highest BCUT2D eigenvalue weighted by Crippen LogP contribution is 2.36. The van der Waals surface area contributed by atoms with Crippen LogP contribution in [0.4, 0.5) is 0 Å². The van der Waals surface area contributed by atoms with E-state index < -0.39 is 0 Å². The van der Waals surface area contributed by atoms with E-state index in [-0.39, 0.29) is 0 Å². The Kier molecular flexibility index (Phi) is 2.80. The van der Waals surface area contributed by atoms with Crippen LogP contribution < -0.4 is 0 Å². The van der Waals surface area contributed by atoms with E-state index in [0.717, 1.165) is 36.8 Å². The monoisotopic (exact) mass is 274 g/mol. The summed E-state index contributed by atoms with van der Waals surface area (Å²) in [6, 6.07) is 2.86. The lowest BCUT2D eigenvalue weighted by Gasteiger charge is -2.21. The minimum Gasteiger partial charge on any atom is -0.359 e. The Labute approximate surface area is 116 Å². The van der Waals surface area contributed by atoms with E-state index in [4.69, 9.17) is 4.52 Å². The first-order valence-corrected chi connectivity index (χ1v) is 7.25. The summed E-state index contributed by atoms with van der Waals surface area (Å²) in [5.41, 5.74) is 0.940. The molecule has 3 heterocycles. The van der Waals surface area contributed by atoms with Crippen molar-refractivity contribution in [1.29, 1.82) is 0 Å². The Morgan fingerprint density at radius 2 is 2.25 bits per heavy atom. The number of hydrogen-bond donors (Lipinski definition) is 0. The van der Waals surface area contributed by atoms with E-state index in [9.17, 15) is 0 Å². The predicted molar refractivity (Wildman–Crippen MR) is 69.7 cm³/mol. The van der Waals surface area contributed by atoms with Crippen molar-refractivity contribution in [2.75, 3.05) is 6.54 Å². The van der Waals surface area contributed by atoms with Crippen molar-refractivity contribution < 1.29 is 4.52 Å². The van der Waals surface area contributed by atoms with Crippen LogP contribution in [0.3, 0.4) is 0 Å². The van der Waals surface area contributed by atoms with Crippen LogP contribution in [0.5, 0.6) is 0 Å². The Morgan fingerprint density at radius 3 is 3.00 bits per heavy atom. The molecule has 0 unspecified atom stereocenters. The molecule has 1 atom stereocenters. The minimum absolute atomic E-state index is 0.306. The second-order valence-corrected chi connectivity index (χ2v) is 5.77. The van der Waals surface area contributed by atoms with Gasteiger partial charge in [-0.05, 0) is 49.6 Å². The highest BCUT2D eigenvalue weighted by atomic mass is 16.5. The first-order chi connectivity index (χ1) is 9.81. The van der Waals surface area contributed by atoms with Crippen LogP contribution in [-0.4, -0.2) is 36.8 Å². The lowest BCUT2D eigenvalue weighted by molar-refractivity contribution is 0.199. The molecule has 2 aliphatic rings. The molecule has 1 saturated carbocycles. The zero-order chi connectivity index (χ0) is 13.5. The average molecular weight is 274 g/mol. The fraction of sp³-hybridized carbons (Fsp3) is 0.692. The molecule has 2 aromatic heterocycles. The molecule has 2 fully saturated rings. The second kappa shape index (κ2) is 4.66. The van der Waals surface area contributed by atoms with Crippen LogP contribution in [0.2, 0.25) is 0 Å². The summed E-state index contributed by atoms with van der Waals surface area (Å²) < 4.78 is 7.42. The van der Waals surface area contributed by atoms with E-state index in [1.165, 1.54) is 19.3 Å². The number of nitrogens with zero attached hydrogens (tertiary/aromatic N) is 6. The maximum absolute atomic E-state index is 5.44. The first kappa shape index (κ1) is 12.0. The Morgan fingerprint density at radius 1 is 1.35 bits per heavy atom. The molecule has 106 valence electrons. The fourth-order valence-corrected chi connectivity index (χ4v) is 2.98. The van der Waals surface area contributed by atoms with Crippen molar-refractivity contribution in [1.82, 2.24) is 30.3 Å². The summed E-state index contributed by atoms with van der Waals surface area (Å²) in [4.78, 5) is 2.39.